The molecular weight excluding hydrogens is 364 g/mol. The van der Waals surface area contributed by atoms with Gasteiger partial charge >= 0.3 is 0 Å². The number of fused-ring (bicyclic) bond motifs is 1. The van der Waals surface area contributed by atoms with E-state index in [1.165, 1.54) is 40.8 Å². The Balaban J connectivity index is 1.62. The molecule has 0 bridgehead atoms. The summed E-state index contributed by atoms with van der Waals surface area (Å²) in [5, 5.41) is 3.32. The van der Waals surface area contributed by atoms with E-state index in [1.807, 2.05) is 12.3 Å². The molecule has 1 aromatic heterocycles. The van der Waals surface area contributed by atoms with Gasteiger partial charge in [0, 0.05) is 29.4 Å². The van der Waals surface area contributed by atoms with Crippen molar-refractivity contribution in [3.8, 4) is 0 Å². The van der Waals surface area contributed by atoms with Crippen LogP contribution >= 0.6 is 11.8 Å². The number of likely N-dealkylation sites (N-methyl/N-ethyl adjacent to an activating group) is 1. The van der Waals surface area contributed by atoms with E-state index in [2.05, 4.69) is 65.9 Å². The molecule has 28 heavy (non-hydrogen) atoms. The SMILES string of the molecule is CC(=O)n1cc(CC2CCCN2C)c2cc(/C=C/Sc3ccccc3)ccc21. The molecule has 0 N–H and O–H groups in total. The van der Waals surface area contributed by atoms with E-state index in [0.717, 1.165) is 11.9 Å². The molecule has 3 nitrogen and oxygen atoms in total. The first-order chi connectivity index (χ1) is 13.6. The molecule has 0 amide bonds. The van der Waals surface area contributed by atoms with Gasteiger partial charge in [0.1, 0.15) is 0 Å². The molecule has 3 aromatic rings. The largest absolute Gasteiger partial charge is 0.303 e. The van der Waals surface area contributed by atoms with E-state index in [-0.39, 0.29) is 5.91 Å². The van der Waals surface area contributed by atoms with Gasteiger partial charge in [-0.2, -0.15) is 0 Å². The van der Waals surface area contributed by atoms with Gasteiger partial charge < -0.3 is 4.90 Å². The van der Waals surface area contributed by atoms with Crippen LogP contribution < -0.4 is 0 Å². The fourth-order valence-corrected chi connectivity index (χ4v) is 4.72. The van der Waals surface area contributed by atoms with Crippen molar-refractivity contribution in [2.75, 3.05) is 13.6 Å². The molecule has 0 radical (unpaired) electrons. The average molecular weight is 391 g/mol. The summed E-state index contributed by atoms with van der Waals surface area (Å²) in [4.78, 5) is 15.8. The van der Waals surface area contributed by atoms with Gasteiger partial charge in [-0.1, -0.05) is 36.0 Å². The summed E-state index contributed by atoms with van der Waals surface area (Å²) in [6.07, 6.45) is 7.69. The van der Waals surface area contributed by atoms with Crippen LogP contribution in [0.5, 0.6) is 0 Å². The molecule has 2 aromatic carbocycles. The number of thioether (sulfide) groups is 1. The van der Waals surface area contributed by atoms with Gasteiger partial charge in [0.25, 0.3) is 0 Å². The zero-order chi connectivity index (χ0) is 19.5. The minimum atomic E-state index is 0.0685. The highest BCUT2D eigenvalue weighted by Crippen LogP contribution is 2.28. The highest BCUT2D eigenvalue weighted by molar-refractivity contribution is 8.02. The minimum absolute atomic E-state index is 0.0685. The van der Waals surface area contributed by atoms with E-state index in [0.29, 0.717) is 6.04 Å². The molecule has 1 atom stereocenters. The highest BCUT2D eigenvalue weighted by atomic mass is 32.2. The summed E-state index contributed by atoms with van der Waals surface area (Å²) in [7, 11) is 2.21. The maximum absolute atomic E-state index is 12.1. The predicted molar refractivity (Wildman–Crippen MR) is 119 cm³/mol. The first-order valence-electron chi connectivity index (χ1n) is 9.85. The van der Waals surface area contributed by atoms with Crippen LogP contribution in [0, 0.1) is 0 Å². The number of nitrogens with zero attached hydrogens (tertiary/aromatic N) is 2. The van der Waals surface area contributed by atoms with Crippen LogP contribution in [0.15, 0.2) is 65.0 Å². The lowest BCUT2D eigenvalue weighted by atomic mass is 10.0. The molecule has 0 saturated carbocycles. The quantitative estimate of drug-likeness (QED) is 0.522. The maximum atomic E-state index is 12.1. The topological polar surface area (TPSA) is 25.2 Å². The number of likely N-dealkylation sites (tertiary alicyclic amines) is 1. The summed E-state index contributed by atoms with van der Waals surface area (Å²) in [5.74, 6) is 0.0685. The fourth-order valence-electron chi connectivity index (χ4n) is 4.02. The minimum Gasteiger partial charge on any atom is -0.303 e. The Morgan fingerprint density at radius 3 is 2.75 bits per heavy atom. The second-order valence-electron chi connectivity index (χ2n) is 7.53. The summed E-state index contributed by atoms with van der Waals surface area (Å²) in [5.41, 5.74) is 3.45. The Bertz CT molecular complexity index is 1010. The molecule has 1 unspecified atom stereocenters. The summed E-state index contributed by atoms with van der Waals surface area (Å²) in [6.45, 7) is 2.80. The van der Waals surface area contributed by atoms with E-state index >= 15 is 0 Å². The predicted octanol–water partition coefficient (Wildman–Crippen LogP) is 5.70. The highest BCUT2D eigenvalue weighted by Gasteiger charge is 2.23. The Morgan fingerprint density at radius 2 is 2.04 bits per heavy atom. The lowest BCUT2D eigenvalue weighted by Gasteiger charge is -2.18. The van der Waals surface area contributed by atoms with Crippen LogP contribution in [0.4, 0.5) is 0 Å². The molecule has 1 fully saturated rings. The second-order valence-corrected chi connectivity index (χ2v) is 8.51. The normalized spacial score (nSPS) is 17.7. The van der Waals surface area contributed by atoms with Crippen LogP contribution in [0.25, 0.3) is 17.0 Å². The molecular formula is C24H26N2OS. The number of benzene rings is 2. The van der Waals surface area contributed by atoms with Crippen LogP contribution in [-0.2, 0) is 6.42 Å². The molecule has 4 heteroatoms. The first kappa shape index (κ1) is 19.0. The standard InChI is InChI=1S/C24H26N2OS/c1-18(27)26-17-20(16-21-7-6-13-25(21)2)23-15-19(10-11-24(23)26)12-14-28-22-8-4-3-5-9-22/h3-5,8-12,14-15,17,21H,6-7,13,16H2,1-2H3/b14-12+. The van der Waals surface area contributed by atoms with Crippen molar-refractivity contribution in [2.45, 2.75) is 37.1 Å². The van der Waals surface area contributed by atoms with E-state index < -0.39 is 0 Å². The molecule has 144 valence electrons. The van der Waals surface area contributed by atoms with Crippen molar-refractivity contribution in [1.29, 1.82) is 0 Å². The van der Waals surface area contributed by atoms with Crippen LogP contribution in [0.1, 0.15) is 35.7 Å². The first-order valence-corrected chi connectivity index (χ1v) is 10.7. The van der Waals surface area contributed by atoms with Gasteiger partial charge in [-0.05, 0) is 79.7 Å². The third-order valence-corrected chi connectivity index (χ3v) is 6.40. The van der Waals surface area contributed by atoms with Gasteiger partial charge in [0.2, 0.25) is 5.91 Å². The summed E-state index contributed by atoms with van der Waals surface area (Å²) >= 11 is 1.71. The smallest absolute Gasteiger partial charge is 0.227 e. The maximum Gasteiger partial charge on any atom is 0.227 e. The zero-order valence-corrected chi connectivity index (χ0v) is 17.3. The average Bonchev–Trinajstić information content (AvgIpc) is 3.27. The number of carbonyl (C=O) groups excluding carboxylic acids is 1. The van der Waals surface area contributed by atoms with Crippen molar-refractivity contribution >= 4 is 34.6 Å². The number of hydrogen-bond acceptors (Lipinski definition) is 3. The lowest BCUT2D eigenvalue weighted by molar-refractivity contribution is 0.0941. The molecule has 1 aliphatic rings. The van der Waals surface area contributed by atoms with E-state index in [1.54, 1.807) is 23.3 Å². The van der Waals surface area contributed by atoms with Gasteiger partial charge in [-0.3, -0.25) is 9.36 Å². The molecule has 2 heterocycles. The van der Waals surface area contributed by atoms with E-state index in [9.17, 15) is 4.79 Å². The Hall–Kier alpha value is -2.30. The van der Waals surface area contributed by atoms with E-state index in [4.69, 9.17) is 0 Å². The number of hydrogen-bond donors (Lipinski definition) is 0. The number of carbonyl (C=O) groups is 1. The summed E-state index contributed by atoms with van der Waals surface area (Å²) in [6, 6.07) is 17.3. The molecule has 1 saturated heterocycles. The van der Waals surface area contributed by atoms with Crippen molar-refractivity contribution in [3.05, 3.63) is 71.3 Å². The number of aromatic nitrogens is 1. The third kappa shape index (κ3) is 4.08. The van der Waals surface area contributed by atoms with Crippen molar-refractivity contribution < 1.29 is 4.79 Å². The van der Waals surface area contributed by atoms with Gasteiger partial charge in [0.15, 0.2) is 0 Å². The molecule has 0 spiro atoms. The van der Waals surface area contributed by atoms with Crippen LogP contribution in [0.3, 0.4) is 0 Å². The lowest BCUT2D eigenvalue weighted by Crippen LogP contribution is -2.26. The summed E-state index contributed by atoms with van der Waals surface area (Å²) < 4.78 is 1.80. The van der Waals surface area contributed by atoms with Crippen molar-refractivity contribution in [3.63, 3.8) is 0 Å². The monoisotopic (exact) mass is 390 g/mol. The Labute approximate surface area is 171 Å². The molecule has 1 aliphatic heterocycles. The third-order valence-electron chi connectivity index (χ3n) is 5.59. The Kier molecular flexibility index (Phi) is 5.69. The van der Waals surface area contributed by atoms with Gasteiger partial charge in [-0.25, -0.2) is 0 Å². The van der Waals surface area contributed by atoms with Crippen molar-refractivity contribution in [1.82, 2.24) is 9.47 Å². The van der Waals surface area contributed by atoms with Crippen molar-refractivity contribution in [2.24, 2.45) is 0 Å². The zero-order valence-electron chi connectivity index (χ0n) is 16.5. The fraction of sp³-hybridized carbons (Fsp3) is 0.292. The van der Waals surface area contributed by atoms with Crippen LogP contribution in [0.2, 0.25) is 0 Å². The van der Waals surface area contributed by atoms with Gasteiger partial charge in [0.05, 0.1) is 5.52 Å². The second kappa shape index (κ2) is 8.38. The molecule has 0 aliphatic carbocycles. The molecule has 4 rings (SSSR count). The number of rotatable bonds is 5. The van der Waals surface area contributed by atoms with Crippen LogP contribution in [-0.4, -0.2) is 35.0 Å². The van der Waals surface area contributed by atoms with Gasteiger partial charge in [-0.15, -0.1) is 0 Å². The Morgan fingerprint density at radius 1 is 1.21 bits per heavy atom.